The zero-order chi connectivity index (χ0) is 14.0. The summed E-state index contributed by atoms with van der Waals surface area (Å²) < 4.78 is 27.7. The summed E-state index contributed by atoms with van der Waals surface area (Å²) in [6.45, 7) is 2.11. The third-order valence-corrected chi connectivity index (χ3v) is 4.04. The Morgan fingerprint density at radius 1 is 1.47 bits per heavy atom. The Balaban J connectivity index is 2.31. The summed E-state index contributed by atoms with van der Waals surface area (Å²) in [5.74, 6) is -2.05. The quantitative estimate of drug-likeness (QED) is 0.774. The molecule has 1 aliphatic rings. The minimum absolute atomic E-state index is 0.0752. The van der Waals surface area contributed by atoms with E-state index in [1.165, 1.54) is 13.0 Å². The molecule has 1 unspecified atom stereocenters. The van der Waals surface area contributed by atoms with Gasteiger partial charge >= 0.3 is 0 Å². The molecule has 1 atom stereocenters. The van der Waals surface area contributed by atoms with E-state index < -0.39 is 23.1 Å². The van der Waals surface area contributed by atoms with Gasteiger partial charge in [0.05, 0.1) is 0 Å². The van der Waals surface area contributed by atoms with Gasteiger partial charge in [0.15, 0.2) is 0 Å². The number of carbonyl (C=O) groups excluding carboxylic acids is 1. The van der Waals surface area contributed by atoms with Gasteiger partial charge in [-0.1, -0.05) is 22.0 Å². The Bertz CT molecular complexity index is 493. The summed E-state index contributed by atoms with van der Waals surface area (Å²) in [6, 6.07) is 2.58. The van der Waals surface area contributed by atoms with Crippen LogP contribution in [0.5, 0.6) is 0 Å². The Morgan fingerprint density at radius 3 is 2.89 bits per heavy atom. The smallest absolute Gasteiger partial charge is 0.260 e. The van der Waals surface area contributed by atoms with E-state index in [0.29, 0.717) is 12.1 Å². The lowest BCUT2D eigenvalue weighted by atomic mass is 10.1. The van der Waals surface area contributed by atoms with Crippen molar-refractivity contribution < 1.29 is 13.6 Å². The molecule has 5 heteroatoms. The third-order valence-electron chi connectivity index (χ3n) is 3.58. The molecule has 104 valence electrons. The van der Waals surface area contributed by atoms with Gasteiger partial charge in [0, 0.05) is 17.9 Å². The number of halogens is 3. The molecule has 0 radical (unpaired) electrons. The second-order valence-electron chi connectivity index (χ2n) is 4.83. The van der Waals surface area contributed by atoms with Crippen LogP contribution >= 0.6 is 15.9 Å². The summed E-state index contributed by atoms with van der Waals surface area (Å²) in [7, 11) is 0. The molecule has 0 N–H and O–H groups in total. The van der Waals surface area contributed by atoms with Crippen LogP contribution in [0.4, 0.5) is 8.78 Å². The molecule has 1 heterocycles. The predicted molar refractivity (Wildman–Crippen MR) is 73.6 cm³/mol. The highest BCUT2D eigenvalue weighted by Gasteiger charge is 2.32. The topological polar surface area (TPSA) is 20.3 Å². The Morgan fingerprint density at radius 2 is 2.21 bits per heavy atom. The number of likely N-dealkylation sites (tertiary alicyclic amines) is 1. The van der Waals surface area contributed by atoms with Crippen LogP contribution in [0.2, 0.25) is 0 Å². The SMILES string of the molecule is Cc1ccc(F)c(C(=O)N2CCCC2CCBr)c1F. The number of alkyl halides is 1. The van der Waals surface area contributed by atoms with Crippen LogP contribution < -0.4 is 0 Å². The third kappa shape index (κ3) is 2.81. The van der Waals surface area contributed by atoms with Crippen molar-refractivity contribution in [3.05, 3.63) is 34.9 Å². The zero-order valence-electron chi connectivity index (χ0n) is 10.8. The van der Waals surface area contributed by atoms with Gasteiger partial charge in [-0.3, -0.25) is 4.79 Å². The molecule has 1 aliphatic heterocycles. The molecule has 0 aromatic heterocycles. The summed E-state index contributed by atoms with van der Waals surface area (Å²) in [5.41, 5.74) is -0.123. The maximum atomic E-state index is 14.0. The first-order valence-electron chi connectivity index (χ1n) is 6.37. The fourth-order valence-corrected chi connectivity index (χ4v) is 3.05. The molecule has 2 nitrogen and oxygen atoms in total. The first kappa shape index (κ1) is 14.4. The molecule has 1 fully saturated rings. The van der Waals surface area contributed by atoms with Crippen LogP contribution in [-0.2, 0) is 0 Å². The van der Waals surface area contributed by atoms with Gasteiger partial charge < -0.3 is 4.90 Å². The largest absolute Gasteiger partial charge is 0.335 e. The van der Waals surface area contributed by atoms with Gasteiger partial charge in [0.25, 0.3) is 5.91 Å². The number of hydrogen-bond donors (Lipinski definition) is 0. The van der Waals surface area contributed by atoms with Crippen LogP contribution in [0.3, 0.4) is 0 Å². The highest BCUT2D eigenvalue weighted by Crippen LogP contribution is 2.26. The molecule has 1 saturated heterocycles. The standard InChI is InChI=1S/C14H16BrF2NO/c1-9-4-5-11(16)12(13(9)17)14(19)18-8-2-3-10(18)6-7-15/h4-5,10H,2-3,6-8H2,1H3. The molecule has 0 saturated carbocycles. The van der Waals surface area contributed by atoms with E-state index in [2.05, 4.69) is 15.9 Å². The fraction of sp³-hybridized carbons (Fsp3) is 0.500. The molecule has 0 aliphatic carbocycles. The molecule has 1 aromatic carbocycles. The lowest BCUT2D eigenvalue weighted by Gasteiger charge is -2.24. The highest BCUT2D eigenvalue weighted by atomic mass is 79.9. The molecular formula is C14H16BrF2NO. The van der Waals surface area contributed by atoms with E-state index in [9.17, 15) is 13.6 Å². The van der Waals surface area contributed by atoms with Crippen LogP contribution in [0, 0.1) is 18.6 Å². The summed E-state index contributed by atoms with van der Waals surface area (Å²) in [5, 5.41) is 0.778. The van der Waals surface area contributed by atoms with Gasteiger partial charge in [-0.05, 0) is 37.8 Å². The fourth-order valence-electron chi connectivity index (χ4n) is 2.53. The minimum Gasteiger partial charge on any atom is -0.335 e. The average molecular weight is 332 g/mol. The molecule has 1 aromatic rings. The Kier molecular flexibility index (Phi) is 4.55. The zero-order valence-corrected chi connectivity index (χ0v) is 12.3. The normalized spacial score (nSPS) is 18.9. The minimum atomic E-state index is -0.780. The highest BCUT2D eigenvalue weighted by molar-refractivity contribution is 9.09. The second-order valence-corrected chi connectivity index (χ2v) is 5.62. The molecule has 2 rings (SSSR count). The van der Waals surface area contributed by atoms with Crippen molar-refractivity contribution >= 4 is 21.8 Å². The number of hydrogen-bond acceptors (Lipinski definition) is 1. The van der Waals surface area contributed by atoms with Crippen molar-refractivity contribution in [1.29, 1.82) is 0 Å². The average Bonchev–Trinajstić information content (AvgIpc) is 2.83. The lowest BCUT2D eigenvalue weighted by molar-refractivity contribution is 0.0724. The van der Waals surface area contributed by atoms with Crippen molar-refractivity contribution in [2.45, 2.75) is 32.2 Å². The van der Waals surface area contributed by atoms with Crippen molar-refractivity contribution in [3.8, 4) is 0 Å². The van der Waals surface area contributed by atoms with Gasteiger partial charge in [-0.15, -0.1) is 0 Å². The van der Waals surface area contributed by atoms with Crippen LogP contribution in [0.25, 0.3) is 0 Å². The first-order valence-corrected chi connectivity index (χ1v) is 7.50. The monoisotopic (exact) mass is 331 g/mol. The number of carbonyl (C=O) groups is 1. The number of rotatable bonds is 3. The van der Waals surface area contributed by atoms with Crippen molar-refractivity contribution in [3.63, 3.8) is 0 Å². The van der Waals surface area contributed by atoms with Crippen LogP contribution in [0.1, 0.15) is 35.2 Å². The molecular weight excluding hydrogens is 316 g/mol. The number of aryl methyl sites for hydroxylation is 1. The molecule has 1 amide bonds. The summed E-state index contributed by atoms with van der Waals surface area (Å²) in [6.07, 6.45) is 2.59. The van der Waals surface area contributed by atoms with Crippen molar-refractivity contribution in [1.82, 2.24) is 4.90 Å². The van der Waals surface area contributed by atoms with Gasteiger partial charge in [0.2, 0.25) is 0 Å². The first-order chi connectivity index (χ1) is 9.06. The maximum absolute atomic E-state index is 14.0. The van der Waals surface area contributed by atoms with E-state index in [1.54, 1.807) is 4.90 Å². The van der Waals surface area contributed by atoms with E-state index >= 15 is 0 Å². The van der Waals surface area contributed by atoms with E-state index in [1.807, 2.05) is 0 Å². The van der Waals surface area contributed by atoms with E-state index in [4.69, 9.17) is 0 Å². The predicted octanol–water partition coefficient (Wildman–Crippen LogP) is 3.66. The maximum Gasteiger partial charge on any atom is 0.260 e. The lowest BCUT2D eigenvalue weighted by Crippen LogP contribution is -2.36. The van der Waals surface area contributed by atoms with Crippen LogP contribution in [-0.4, -0.2) is 28.7 Å². The van der Waals surface area contributed by atoms with Gasteiger partial charge in [-0.2, -0.15) is 0 Å². The van der Waals surface area contributed by atoms with Crippen molar-refractivity contribution in [2.75, 3.05) is 11.9 Å². The number of nitrogens with zero attached hydrogens (tertiary/aromatic N) is 1. The van der Waals surface area contributed by atoms with Gasteiger partial charge in [0.1, 0.15) is 17.2 Å². The molecule has 0 spiro atoms. The Hall–Kier alpha value is -0.970. The molecule has 19 heavy (non-hydrogen) atoms. The van der Waals surface area contributed by atoms with Gasteiger partial charge in [-0.25, -0.2) is 8.78 Å². The number of benzene rings is 1. The summed E-state index contributed by atoms with van der Waals surface area (Å²) >= 11 is 3.35. The second kappa shape index (κ2) is 5.99. The van der Waals surface area contributed by atoms with E-state index in [-0.39, 0.29) is 6.04 Å². The van der Waals surface area contributed by atoms with Crippen molar-refractivity contribution in [2.24, 2.45) is 0 Å². The molecule has 0 bridgehead atoms. The van der Waals surface area contributed by atoms with E-state index in [0.717, 1.165) is 30.7 Å². The van der Waals surface area contributed by atoms with Crippen LogP contribution in [0.15, 0.2) is 12.1 Å². The Labute approximate surface area is 119 Å². The number of amides is 1. The summed E-state index contributed by atoms with van der Waals surface area (Å²) in [4.78, 5) is 14.0.